The van der Waals surface area contributed by atoms with Gasteiger partial charge in [-0.15, -0.1) is 0 Å². The maximum Gasteiger partial charge on any atom is 0.238 e. The fraction of sp³-hybridized carbons (Fsp3) is 0. The number of benzene rings is 3. The van der Waals surface area contributed by atoms with Gasteiger partial charge in [-0.05, 0) is 48.5 Å². The molecule has 0 saturated carbocycles. The SMILES string of the molecule is NS(=O)(=O)c1ccc(-c2oc3ccccc3c(=O)c2-c2c(Cl)cccc2Cl)cc1. The van der Waals surface area contributed by atoms with Crippen LogP contribution in [0.4, 0.5) is 0 Å². The van der Waals surface area contributed by atoms with Crippen LogP contribution in [-0.2, 0) is 10.0 Å². The fourth-order valence-corrected chi connectivity index (χ4v) is 4.21. The van der Waals surface area contributed by atoms with E-state index in [4.69, 9.17) is 32.8 Å². The number of hydrogen-bond acceptors (Lipinski definition) is 4. The Labute approximate surface area is 176 Å². The molecule has 1 aromatic heterocycles. The first-order valence-corrected chi connectivity index (χ1v) is 10.7. The van der Waals surface area contributed by atoms with Gasteiger partial charge in [0.2, 0.25) is 15.5 Å². The molecule has 0 atom stereocenters. The first-order chi connectivity index (χ1) is 13.8. The lowest BCUT2D eigenvalue weighted by Gasteiger charge is -2.13. The third kappa shape index (κ3) is 3.56. The zero-order chi connectivity index (χ0) is 20.8. The van der Waals surface area contributed by atoms with Crippen LogP contribution in [0.2, 0.25) is 10.0 Å². The van der Waals surface area contributed by atoms with Crippen molar-refractivity contribution in [3.8, 4) is 22.5 Å². The lowest BCUT2D eigenvalue weighted by molar-refractivity contribution is 0.597. The molecule has 5 nitrogen and oxygen atoms in total. The van der Waals surface area contributed by atoms with Gasteiger partial charge in [-0.25, -0.2) is 13.6 Å². The van der Waals surface area contributed by atoms with Crippen molar-refractivity contribution in [2.75, 3.05) is 0 Å². The van der Waals surface area contributed by atoms with Crippen LogP contribution in [-0.4, -0.2) is 8.42 Å². The zero-order valence-electron chi connectivity index (χ0n) is 14.7. The van der Waals surface area contributed by atoms with E-state index < -0.39 is 10.0 Å². The van der Waals surface area contributed by atoms with Crippen LogP contribution in [0.25, 0.3) is 33.4 Å². The van der Waals surface area contributed by atoms with E-state index in [1.54, 1.807) is 42.5 Å². The van der Waals surface area contributed by atoms with Crippen molar-refractivity contribution in [1.29, 1.82) is 0 Å². The van der Waals surface area contributed by atoms with Gasteiger partial charge in [0.1, 0.15) is 11.3 Å². The van der Waals surface area contributed by atoms with E-state index in [9.17, 15) is 13.2 Å². The van der Waals surface area contributed by atoms with Gasteiger partial charge in [0.15, 0.2) is 0 Å². The zero-order valence-corrected chi connectivity index (χ0v) is 17.1. The molecule has 2 N–H and O–H groups in total. The van der Waals surface area contributed by atoms with Gasteiger partial charge in [-0.2, -0.15) is 0 Å². The fourth-order valence-electron chi connectivity index (χ4n) is 3.10. The van der Waals surface area contributed by atoms with Crippen LogP contribution < -0.4 is 10.6 Å². The Morgan fingerprint density at radius 3 is 2.03 bits per heavy atom. The standard InChI is InChI=1S/C21H13Cl2NO4S/c22-15-5-3-6-16(23)18(15)19-20(25)14-4-1-2-7-17(14)28-21(19)12-8-10-13(11-9-12)29(24,26)27/h1-11H,(H2,24,26,27). The molecule has 0 aliphatic carbocycles. The monoisotopic (exact) mass is 445 g/mol. The average Bonchev–Trinajstić information content (AvgIpc) is 2.69. The normalized spacial score (nSPS) is 11.7. The average molecular weight is 446 g/mol. The summed E-state index contributed by atoms with van der Waals surface area (Å²) < 4.78 is 29.2. The summed E-state index contributed by atoms with van der Waals surface area (Å²) in [5.74, 6) is 0.227. The Balaban J connectivity index is 2.10. The van der Waals surface area contributed by atoms with Gasteiger partial charge in [0.05, 0.1) is 25.9 Å². The summed E-state index contributed by atoms with van der Waals surface area (Å²) in [6, 6.07) is 17.5. The van der Waals surface area contributed by atoms with E-state index in [1.807, 2.05) is 0 Å². The van der Waals surface area contributed by atoms with Gasteiger partial charge in [-0.1, -0.05) is 41.4 Å². The Kier molecular flexibility index (Phi) is 4.96. The second-order valence-electron chi connectivity index (χ2n) is 6.30. The van der Waals surface area contributed by atoms with Gasteiger partial charge >= 0.3 is 0 Å². The Morgan fingerprint density at radius 2 is 1.41 bits per heavy atom. The van der Waals surface area contributed by atoms with Gasteiger partial charge in [0, 0.05) is 11.1 Å². The van der Waals surface area contributed by atoms with Crippen LogP contribution in [0.3, 0.4) is 0 Å². The summed E-state index contributed by atoms with van der Waals surface area (Å²) in [6.45, 7) is 0. The molecule has 0 amide bonds. The van der Waals surface area contributed by atoms with E-state index in [0.717, 1.165) is 0 Å². The number of hydrogen-bond donors (Lipinski definition) is 1. The van der Waals surface area contributed by atoms with E-state index in [-0.39, 0.29) is 21.6 Å². The number of nitrogens with two attached hydrogens (primary N) is 1. The number of fused-ring (bicyclic) bond motifs is 1. The van der Waals surface area contributed by atoms with E-state index in [1.165, 1.54) is 24.3 Å². The molecule has 0 aliphatic heterocycles. The molecule has 0 bridgehead atoms. The molecule has 29 heavy (non-hydrogen) atoms. The lowest BCUT2D eigenvalue weighted by atomic mass is 9.98. The molecule has 0 saturated heterocycles. The van der Waals surface area contributed by atoms with Crippen LogP contribution >= 0.6 is 23.2 Å². The number of primary sulfonamides is 1. The highest BCUT2D eigenvalue weighted by Gasteiger charge is 2.22. The predicted molar refractivity (Wildman–Crippen MR) is 115 cm³/mol. The number of para-hydroxylation sites is 1. The molecule has 0 aliphatic rings. The van der Waals surface area contributed by atoms with Crippen molar-refractivity contribution in [1.82, 2.24) is 0 Å². The van der Waals surface area contributed by atoms with Crippen molar-refractivity contribution in [3.05, 3.63) is 87.0 Å². The molecule has 4 aromatic rings. The molecule has 146 valence electrons. The number of sulfonamides is 1. The molecule has 1 heterocycles. The summed E-state index contributed by atoms with van der Waals surface area (Å²) in [5.41, 5.74) is 1.11. The molecule has 4 rings (SSSR count). The van der Waals surface area contributed by atoms with Crippen LogP contribution in [0.5, 0.6) is 0 Å². The topological polar surface area (TPSA) is 90.4 Å². The maximum absolute atomic E-state index is 13.4. The van der Waals surface area contributed by atoms with Crippen molar-refractivity contribution >= 4 is 44.2 Å². The highest BCUT2D eigenvalue weighted by atomic mass is 35.5. The second kappa shape index (κ2) is 7.31. The van der Waals surface area contributed by atoms with E-state index in [0.29, 0.717) is 32.1 Å². The Hall–Kier alpha value is -2.64. The molecule has 8 heteroatoms. The lowest BCUT2D eigenvalue weighted by Crippen LogP contribution is -2.12. The number of rotatable bonds is 3. The third-order valence-corrected chi connectivity index (χ3v) is 6.01. The van der Waals surface area contributed by atoms with Crippen LogP contribution in [0.1, 0.15) is 0 Å². The predicted octanol–water partition coefficient (Wildman–Crippen LogP) is 5.08. The molecule has 0 fully saturated rings. The summed E-state index contributed by atoms with van der Waals surface area (Å²) in [6.07, 6.45) is 0. The molecule has 3 aromatic carbocycles. The highest BCUT2D eigenvalue weighted by Crippen LogP contribution is 2.39. The smallest absolute Gasteiger partial charge is 0.238 e. The minimum atomic E-state index is -3.85. The largest absolute Gasteiger partial charge is 0.455 e. The highest BCUT2D eigenvalue weighted by molar-refractivity contribution is 7.89. The van der Waals surface area contributed by atoms with E-state index >= 15 is 0 Å². The quantitative estimate of drug-likeness (QED) is 0.475. The summed E-state index contributed by atoms with van der Waals surface area (Å²) in [5, 5.41) is 6.13. The minimum Gasteiger partial charge on any atom is -0.455 e. The molecule has 0 spiro atoms. The molecule has 0 unspecified atom stereocenters. The van der Waals surface area contributed by atoms with Gasteiger partial charge < -0.3 is 4.42 Å². The molecule has 0 radical (unpaired) electrons. The minimum absolute atomic E-state index is 0.0540. The third-order valence-electron chi connectivity index (χ3n) is 4.46. The summed E-state index contributed by atoms with van der Waals surface area (Å²) in [7, 11) is -3.85. The molecular weight excluding hydrogens is 433 g/mol. The first kappa shape index (κ1) is 19.7. The summed E-state index contributed by atoms with van der Waals surface area (Å²) in [4.78, 5) is 13.3. The van der Waals surface area contributed by atoms with Gasteiger partial charge in [0.25, 0.3) is 0 Å². The summed E-state index contributed by atoms with van der Waals surface area (Å²) >= 11 is 12.7. The Morgan fingerprint density at radius 1 is 0.793 bits per heavy atom. The van der Waals surface area contributed by atoms with Crippen molar-refractivity contribution in [3.63, 3.8) is 0 Å². The van der Waals surface area contributed by atoms with Gasteiger partial charge in [-0.3, -0.25) is 4.79 Å². The Bertz CT molecular complexity index is 1390. The second-order valence-corrected chi connectivity index (χ2v) is 8.67. The number of halogens is 2. The van der Waals surface area contributed by atoms with Crippen molar-refractivity contribution < 1.29 is 12.8 Å². The van der Waals surface area contributed by atoms with Crippen molar-refractivity contribution in [2.45, 2.75) is 4.90 Å². The maximum atomic E-state index is 13.4. The van der Waals surface area contributed by atoms with E-state index in [2.05, 4.69) is 0 Å². The molecular formula is C21H13Cl2NO4S. The van der Waals surface area contributed by atoms with Crippen LogP contribution in [0.15, 0.2) is 80.8 Å². The van der Waals surface area contributed by atoms with Crippen molar-refractivity contribution in [2.24, 2.45) is 5.14 Å². The van der Waals surface area contributed by atoms with Crippen LogP contribution in [0, 0.1) is 0 Å². The first-order valence-electron chi connectivity index (χ1n) is 8.41.